The van der Waals surface area contributed by atoms with Crippen LogP contribution in [0.3, 0.4) is 0 Å². The molecule has 1 aliphatic rings. The molecule has 0 spiro atoms. The van der Waals surface area contributed by atoms with Crippen LogP contribution in [0.2, 0.25) is 0 Å². The highest BCUT2D eigenvalue weighted by molar-refractivity contribution is 7.89. The van der Waals surface area contributed by atoms with E-state index in [1.54, 1.807) is 17.0 Å². The minimum Gasteiger partial charge on any atom is -0.336 e. The predicted molar refractivity (Wildman–Crippen MR) is 98.9 cm³/mol. The number of hydrogen-bond donors (Lipinski definition) is 0. The first-order valence-corrected chi connectivity index (χ1v) is 9.84. The molecule has 1 saturated heterocycles. The summed E-state index contributed by atoms with van der Waals surface area (Å²) in [6, 6.07) is 12.3. The topological polar surface area (TPSA) is 101 Å². The van der Waals surface area contributed by atoms with Crippen LogP contribution in [0.15, 0.2) is 53.4 Å². The molecule has 0 radical (unpaired) electrons. The lowest BCUT2D eigenvalue weighted by Crippen LogP contribution is -2.50. The first-order chi connectivity index (χ1) is 12.8. The second kappa shape index (κ2) is 7.45. The summed E-state index contributed by atoms with van der Waals surface area (Å²) in [7, 11) is -3.85. The average Bonchev–Trinajstić information content (AvgIpc) is 2.68. The fraction of sp³-hybridized carbons (Fsp3) is 0.278. The number of piperazine rings is 1. The lowest BCUT2D eigenvalue weighted by molar-refractivity contribution is -0.385. The Labute approximate surface area is 157 Å². The smallest absolute Gasteiger partial charge is 0.270 e. The van der Waals surface area contributed by atoms with Gasteiger partial charge in [0.15, 0.2) is 0 Å². The summed E-state index contributed by atoms with van der Waals surface area (Å²) >= 11 is 0. The first-order valence-electron chi connectivity index (χ1n) is 8.40. The second-order valence-electron chi connectivity index (χ2n) is 6.27. The zero-order valence-electron chi connectivity index (χ0n) is 14.7. The minimum absolute atomic E-state index is 0.115. The first kappa shape index (κ1) is 19.0. The maximum atomic E-state index is 12.8. The van der Waals surface area contributed by atoms with Crippen LogP contribution < -0.4 is 0 Å². The summed E-state index contributed by atoms with van der Waals surface area (Å²) in [6.07, 6.45) is 0. The molecule has 27 heavy (non-hydrogen) atoms. The number of carbonyl (C=O) groups is 1. The van der Waals surface area contributed by atoms with E-state index in [1.807, 2.05) is 19.1 Å². The third-order valence-corrected chi connectivity index (χ3v) is 6.46. The van der Waals surface area contributed by atoms with Crippen LogP contribution in [0.4, 0.5) is 5.69 Å². The Kier molecular flexibility index (Phi) is 5.24. The van der Waals surface area contributed by atoms with Crippen molar-refractivity contribution < 1.29 is 18.1 Å². The maximum Gasteiger partial charge on any atom is 0.270 e. The van der Waals surface area contributed by atoms with Gasteiger partial charge in [0.05, 0.1) is 9.82 Å². The van der Waals surface area contributed by atoms with Crippen LogP contribution in [0, 0.1) is 17.0 Å². The number of benzene rings is 2. The Hall–Kier alpha value is -2.78. The molecule has 8 nitrogen and oxygen atoms in total. The van der Waals surface area contributed by atoms with Crippen LogP contribution in [0.5, 0.6) is 0 Å². The van der Waals surface area contributed by atoms with E-state index in [-0.39, 0.29) is 42.7 Å². The lowest BCUT2D eigenvalue weighted by Gasteiger charge is -2.34. The summed E-state index contributed by atoms with van der Waals surface area (Å²) in [5.74, 6) is -0.125. The van der Waals surface area contributed by atoms with Gasteiger partial charge in [-0.25, -0.2) is 8.42 Å². The SMILES string of the molecule is Cc1ccccc1C(=O)N1CCN(S(=O)(=O)c2cccc([N+](=O)[O-])c2)CC1. The van der Waals surface area contributed by atoms with Crippen LogP contribution in [-0.4, -0.2) is 54.6 Å². The van der Waals surface area contributed by atoms with Gasteiger partial charge in [0.25, 0.3) is 11.6 Å². The highest BCUT2D eigenvalue weighted by atomic mass is 32.2. The zero-order valence-corrected chi connectivity index (χ0v) is 15.6. The Morgan fingerprint density at radius 3 is 2.33 bits per heavy atom. The highest BCUT2D eigenvalue weighted by Gasteiger charge is 2.31. The van der Waals surface area contributed by atoms with Gasteiger partial charge in [-0.05, 0) is 24.6 Å². The van der Waals surface area contributed by atoms with Gasteiger partial charge in [0, 0.05) is 43.9 Å². The largest absolute Gasteiger partial charge is 0.336 e. The molecule has 1 heterocycles. The summed E-state index contributed by atoms with van der Waals surface area (Å²) in [5, 5.41) is 10.9. The van der Waals surface area contributed by atoms with E-state index in [0.717, 1.165) is 11.6 Å². The monoisotopic (exact) mass is 389 g/mol. The Bertz CT molecular complexity index is 982. The molecule has 142 valence electrons. The molecule has 2 aromatic rings. The van der Waals surface area contributed by atoms with Crippen molar-refractivity contribution in [3.05, 3.63) is 69.8 Å². The van der Waals surface area contributed by atoms with E-state index in [4.69, 9.17) is 0 Å². The zero-order chi connectivity index (χ0) is 19.6. The molecule has 1 fully saturated rings. The molecule has 0 bridgehead atoms. The molecule has 0 N–H and O–H groups in total. The molecule has 3 rings (SSSR count). The summed E-state index contributed by atoms with van der Waals surface area (Å²) in [5.41, 5.74) is 1.20. The summed E-state index contributed by atoms with van der Waals surface area (Å²) in [6.45, 7) is 2.67. The number of amides is 1. The summed E-state index contributed by atoms with van der Waals surface area (Å²) < 4.78 is 26.8. The number of rotatable bonds is 4. The molecule has 1 aliphatic heterocycles. The van der Waals surface area contributed by atoms with Gasteiger partial charge in [-0.1, -0.05) is 24.3 Å². The fourth-order valence-corrected chi connectivity index (χ4v) is 4.48. The fourth-order valence-electron chi connectivity index (χ4n) is 3.02. The molecule has 2 aromatic carbocycles. The van der Waals surface area contributed by atoms with Gasteiger partial charge in [-0.3, -0.25) is 14.9 Å². The van der Waals surface area contributed by atoms with Crippen molar-refractivity contribution in [2.45, 2.75) is 11.8 Å². The normalized spacial score (nSPS) is 15.5. The number of nitrogens with zero attached hydrogens (tertiary/aromatic N) is 3. The van der Waals surface area contributed by atoms with E-state index in [2.05, 4.69) is 0 Å². The van der Waals surface area contributed by atoms with Gasteiger partial charge in [-0.2, -0.15) is 4.31 Å². The highest BCUT2D eigenvalue weighted by Crippen LogP contribution is 2.22. The molecular formula is C18H19N3O5S. The third-order valence-electron chi connectivity index (χ3n) is 4.57. The molecule has 0 aliphatic carbocycles. The van der Waals surface area contributed by atoms with Gasteiger partial charge >= 0.3 is 0 Å². The molecule has 0 saturated carbocycles. The van der Waals surface area contributed by atoms with Crippen molar-refractivity contribution in [3.8, 4) is 0 Å². The number of nitro benzene ring substituents is 1. The number of hydrogen-bond acceptors (Lipinski definition) is 5. The number of nitro groups is 1. The Balaban J connectivity index is 1.73. The predicted octanol–water partition coefficient (Wildman–Crippen LogP) is 2.05. The quantitative estimate of drug-likeness (QED) is 0.588. The van der Waals surface area contributed by atoms with E-state index >= 15 is 0 Å². The number of sulfonamides is 1. The van der Waals surface area contributed by atoms with Gasteiger partial charge in [0.1, 0.15) is 0 Å². The third kappa shape index (κ3) is 3.83. The molecule has 0 unspecified atom stereocenters. The van der Waals surface area contributed by atoms with Crippen molar-refractivity contribution in [2.24, 2.45) is 0 Å². The Morgan fingerprint density at radius 1 is 1.04 bits per heavy atom. The minimum atomic E-state index is -3.85. The van der Waals surface area contributed by atoms with Crippen LogP contribution in [0.1, 0.15) is 15.9 Å². The Morgan fingerprint density at radius 2 is 1.70 bits per heavy atom. The van der Waals surface area contributed by atoms with Crippen LogP contribution >= 0.6 is 0 Å². The van der Waals surface area contributed by atoms with Gasteiger partial charge in [-0.15, -0.1) is 0 Å². The van der Waals surface area contributed by atoms with E-state index in [1.165, 1.54) is 22.5 Å². The van der Waals surface area contributed by atoms with Crippen molar-refractivity contribution in [2.75, 3.05) is 26.2 Å². The second-order valence-corrected chi connectivity index (χ2v) is 8.20. The van der Waals surface area contributed by atoms with Crippen LogP contribution in [-0.2, 0) is 10.0 Å². The number of non-ortho nitro benzene ring substituents is 1. The maximum absolute atomic E-state index is 12.8. The van der Waals surface area contributed by atoms with Gasteiger partial charge < -0.3 is 4.90 Å². The van der Waals surface area contributed by atoms with Gasteiger partial charge in [0.2, 0.25) is 10.0 Å². The van der Waals surface area contributed by atoms with Crippen molar-refractivity contribution >= 4 is 21.6 Å². The van der Waals surface area contributed by atoms with Crippen molar-refractivity contribution in [1.29, 1.82) is 0 Å². The number of aryl methyl sites for hydroxylation is 1. The van der Waals surface area contributed by atoms with Crippen LogP contribution in [0.25, 0.3) is 0 Å². The molecule has 1 amide bonds. The molecule has 0 aromatic heterocycles. The van der Waals surface area contributed by atoms with Crippen molar-refractivity contribution in [1.82, 2.24) is 9.21 Å². The molecular weight excluding hydrogens is 370 g/mol. The number of carbonyl (C=O) groups excluding carboxylic acids is 1. The lowest BCUT2D eigenvalue weighted by atomic mass is 10.1. The standard InChI is InChI=1S/C18H19N3O5S/c1-14-5-2-3-8-17(14)18(22)19-9-11-20(12-10-19)27(25,26)16-7-4-6-15(13-16)21(23)24/h2-8,13H,9-12H2,1H3. The van der Waals surface area contributed by atoms with E-state index in [0.29, 0.717) is 5.56 Å². The summed E-state index contributed by atoms with van der Waals surface area (Å²) in [4.78, 5) is 24.4. The molecule has 9 heteroatoms. The van der Waals surface area contributed by atoms with E-state index in [9.17, 15) is 23.3 Å². The molecule has 0 atom stereocenters. The van der Waals surface area contributed by atoms with Crippen molar-refractivity contribution in [3.63, 3.8) is 0 Å². The van der Waals surface area contributed by atoms with E-state index < -0.39 is 14.9 Å². The average molecular weight is 389 g/mol.